The number of nitrogens with one attached hydrogen (secondary N) is 1. The van der Waals surface area contributed by atoms with Crippen LogP contribution in [-0.2, 0) is 9.59 Å². The highest BCUT2D eigenvalue weighted by molar-refractivity contribution is 8.16. The lowest BCUT2D eigenvalue weighted by Crippen LogP contribution is -2.33. The van der Waals surface area contributed by atoms with Crippen molar-refractivity contribution in [2.24, 2.45) is 0 Å². The molecule has 1 N–H and O–H groups in total. The Kier molecular flexibility index (Phi) is 6.31. The number of rotatable bonds is 4. The van der Waals surface area contributed by atoms with E-state index in [0.29, 0.717) is 4.58 Å². The molecule has 2 aliphatic rings. The van der Waals surface area contributed by atoms with Crippen LogP contribution in [0.4, 0.5) is 5.69 Å². The average molecular weight is 425 g/mol. The van der Waals surface area contributed by atoms with E-state index in [-0.39, 0.29) is 24.3 Å². The largest absolute Gasteiger partial charge is 0.326 e. The molecule has 2 heterocycles. The monoisotopic (exact) mass is 424 g/mol. The number of amides is 2. The quantitative estimate of drug-likeness (QED) is 0.708. The smallest absolute Gasteiger partial charge is 0.226 e. The zero-order valence-electron chi connectivity index (χ0n) is 16.3. The van der Waals surface area contributed by atoms with Crippen molar-refractivity contribution in [3.8, 4) is 0 Å². The molecular weight excluding hydrogens is 400 g/mol. The second kappa shape index (κ2) is 9.09. The lowest BCUT2D eigenvalue weighted by molar-refractivity contribution is -0.129. The van der Waals surface area contributed by atoms with Crippen molar-refractivity contribution < 1.29 is 9.59 Å². The minimum absolute atomic E-state index is 0.0677. The van der Waals surface area contributed by atoms with Crippen LogP contribution in [-0.4, -0.2) is 28.2 Å². The van der Waals surface area contributed by atoms with Gasteiger partial charge in [-0.25, -0.2) is 0 Å². The molecule has 2 aliphatic heterocycles. The Morgan fingerprint density at radius 1 is 1.10 bits per heavy atom. The zero-order chi connectivity index (χ0) is 20.2. The number of hydrogen-bond acceptors (Lipinski definition) is 4. The number of carbonyl (C=O) groups is 2. The number of nitrogens with zero attached hydrogens (tertiary/aromatic N) is 1. The summed E-state index contributed by atoms with van der Waals surface area (Å²) < 4.78 is 0.434. The number of carbonyl (C=O) groups excluding carboxylic acids is 2. The number of thioether (sulfide) groups is 2. The van der Waals surface area contributed by atoms with Gasteiger partial charge in [0.05, 0.1) is 17.0 Å². The maximum atomic E-state index is 12.9. The molecule has 0 spiro atoms. The van der Waals surface area contributed by atoms with Crippen LogP contribution in [0.3, 0.4) is 0 Å². The first-order chi connectivity index (χ1) is 14.1. The fourth-order valence-electron chi connectivity index (χ4n) is 3.74. The molecule has 1 saturated heterocycles. The van der Waals surface area contributed by atoms with Crippen molar-refractivity contribution in [3.63, 3.8) is 0 Å². The van der Waals surface area contributed by atoms with Crippen molar-refractivity contribution in [3.05, 3.63) is 71.4 Å². The van der Waals surface area contributed by atoms with E-state index in [1.54, 1.807) is 11.1 Å². The normalized spacial score (nSPS) is 18.9. The van der Waals surface area contributed by atoms with Gasteiger partial charge in [-0.2, -0.15) is 0 Å². The molecule has 2 amide bonds. The summed E-state index contributed by atoms with van der Waals surface area (Å²) in [6, 6.07) is 15.8. The standard InChI is InChI=1S/C23H24N2O2S2/c1-16(26)25-11-10-17-6-2-3-9-20(17)21(25)15-22(27)24-19-8-4-7-18(14-19)23-28-12-5-13-29-23/h2-4,6-11,14,21,23H,5,12-13,15H2,1H3,(H,24,27)/t21-/m1/s1. The van der Waals surface area contributed by atoms with Crippen LogP contribution in [0.1, 0.15) is 47.1 Å². The highest BCUT2D eigenvalue weighted by Crippen LogP contribution is 2.44. The van der Waals surface area contributed by atoms with Gasteiger partial charge in [-0.3, -0.25) is 9.59 Å². The van der Waals surface area contributed by atoms with Crippen LogP contribution in [0.25, 0.3) is 6.08 Å². The van der Waals surface area contributed by atoms with Gasteiger partial charge in [0.2, 0.25) is 11.8 Å². The van der Waals surface area contributed by atoms with Crippen molar-refractivity contribution in [1.82, 2.24) is 4.90 Å². The summed E-state index contributed by atoms with van der Waals surface area (Å²) in [4.78, 5) is 26.6. The maximum Gasteiger partial charge on any atom is 0.226 e. The molecule has 6 heteroatoms. The fourth-order valence-corrected chi connectivity index (χ4v) is 6.62. The third-order valence-corrected chi connectivity index (χ3v) is 8.13. The first-order valence-corrected chi connectivity index (χ1v) is 11.9. The Bertz CT molecular complexity index is 938. The topological polar surface area (TPSA) is 49.4 Å². The SMILES string of the molecule is CC(=O)N1C=Cc2ccccc2[C@H]1CC(=O)Nc1cccc(C2SCCCS2)c1. The minimum Gasteiger partial charge on any atom is -0.326 e. The van der Waals surface area contributed by atoms with E-state index in [1.807, 2.05) is 66.0 Å². The summed E-state index contributed by atoms with van der Waals surface area (Å²) in [5, 5.41) is 3.04. The van der Waals surface area contributed by atoms with Crippen LogP contribution in [0.2, 0.25) is 0 Å². The van der Waals surface area contributed by atoms with Gasteiger partial charge in [-0.15, -0.1) is 23.5 Å². The number of anilines is 1. The average Bonchev–Trinajstić information content (AvgIpc) is 2.74. The molecule has 0 radical (unpaired) electrons. The first-order valence-electron chi connectivity index (χ1n) is 9.81. The number of hydrogen-bond donors (Lipinski definition) is 1. The van der Waals surface area contributed by atoms with Gasteiger partial charge in [-0.1, -0.05) is 36.4 Å². The lowest BCUT2D eigenvalue weighted by Gasteiger charge is -2.32. The van der Waals surface area contributed by atoms with Gasteiger partial charge >= 0.3 is 0 Å². The summed E-state index contributed by atoms with van der Waals surface area (Å²) in [6.45, 7) is 1.53. The summed E-state index contributed by atoms with van der Waals surface area (Å²) in [5.41, 5.74) is 4.11. The van der Waals surface area contributed by atoms with Crippen LogP contribution in [0.15, 0.2) is 54.7 Å². The Morgan fingerprint density at radius 2 is 1.90 bits per heavy atom. The molecule has 2 aromatic carbocycles. The molecule has 4 nitrogen and oxygen atoms in total. The molecule has 1 atom stereocenters. The Morgan fingerprint density at radius 3 is 2.69 bits per heavy atom. The molecule has 4 rings (SSSR count). The summed E-state index contributed by atoms with van der Waals surface area (Å²) in [5.74, 6) is 2.21. The van der Waals surface area contributed by atoms with E-state index in [2.05, 4.69) is 17.4 Å². The molecule has 0 aromatic heterocycles. The van der Waals surface area contributed by atoms with Crippen molar-refractivity contribution in [2.75, 3.05) is 16.8 Å². The van der Waals surface area contributed by atoms with Gasteiger partial charge < -0.3 is 10.2 Å². The lowest BCUT2D eigenvalue weighted by atomic mass is 9.93. The summed E-state index contributed by atoms with van der Waals surface area (Å²) in [6.07, 6.45) is 5.18. The zero-order valence-corrected chi connectivity index (χ0v) is 18.0. The fraction of sp³-hybridized carbons (Fsp3) is 0.304. The van der Waals surface area contributed by atoms with Crippen molar-refractivity contribution in [2.45, 2.75) is 30.4 Å². The first kappa shape index (κ1) is 20.1. The van der Waals surface area contributed by atoms with E-state index in [9.17, 15) is 9.59 Å². The highest BCUT2D eigenvalue weighted by Gasteiger charge is 2.28. The van der Waals surface area contributed by atoms with Crippen LogP contribution >= 0.6 is 23.5 Å². The molecule has 0 bridgehead atoms. The second-order valence-corrected chi connectivity index (χ2v) is 9.92. The van der Waals surface area contributed by atoms with Gasteiger partial charge in [0, 0.05) is 18.8 Å². The van der Waals surface area contributed by atoms with E-state index >= 15 is 0 Å². The Labute approximate surface area is 180 Å². The molecule has 0 aliphatic carbocycles. The minimum atomic E-state index is -0.290. The second-order valence-electron chi connectivity index (χ2n) is 7.19. The van der Waals surface area contributed by atoms with Crippen molar-refractivity contribution in [1.29, 1.82) is 0 Å². The maximum absolute atomic E-state index is 12.9. The van der Waals surface area contributed by atoms with Gasteiger partial charge in [0.1, 0.15) is 0 Å². The summed E-state index contributed by atoms with van der Waals surface area (Å²) >= 11 is 3.93. The summed E-state index contributed by atoms with van der Waals surface area (Å²) in [7, 11) is 0. The van der Waals surface area contributed by atoms with E-state index in [0.717, 1.165) is 16.8 Å². The number of benzene rings is 2. The Balaban J connectivity index is 1.49. The third kappa shape index (κ3) is 4.70. The van der Waals surface area contributed by atoms with E-state index < -0.39 is 0 Å². The van der Waals surface area contributed by atoms with Crippen LogP contribution in [0, 0.1) is 0 Å². The highest BCUT2D eigenvalue weighted by atomic mass is 32.2. The van der Waals surface area contributed by atoms with E-state index in [4.69, 9.17) is 0 Å². The predicted octanol–water partition coefficient (Wildman–Crippen LogP) is 5.46. The van der Waals surface area contributed by atoms with Crippen LogP contribution < -0.4 is 5.32 Å². The molecule has 29 heavy (non-hydrogen) atoms. The van der Waals surface area contributed by atoms with Gasteiger partial charge in [0.25, 0.3) is 0 Å². The van der Waals surface area contributed by atoms with E-state index in [1.165, 1.54) is 30.4 Å². The molecule has 0 saturated carbocycles. The molecule has 150 valence electrons. The molecular formula is C23H24N2O2S2. The van der Waals surface area contributed by atoms with Gasteiger partial charge in [-0.05, 0) is 52.8 Å². The van der Waals surface area contributed by atoms with Gasteiger partial charge in [0.15, 0.2) is 0 Å². The van der Waals surface area contributed by atoms with Crippen molar-refractivity contribution >= 4 is 47.1 Å². The third-order valence-electron chi connectivity index (χ3n) is 5.12. The molecule has 0 unspecified atom stereocenters. The predicted molar refractivity (Wildman–Crippen MR) is 123 cm³/mol. The molecule has 1 fully saturated rings. The number of fused-ring (bicyclic) bond motifs is 1. The molecule has 2 aromatic rings. The Hall–Kier alpha value is -2.18. The van der Waals surface area contributed by atoms with Crippen LogP contribution in [0.5, 0.6) is 0 Å².